The van der Waals surface area contributed by atoms with Crippen LogP contribution < -0.4 is 10.6 Å². The van der Waals surface area contributed by atoms with E-state index >= 15 is 0 Å². The molecule has 1 aliphatic heterocycles. The number of hydrogen-bond donors (Lipinski definition) is 7. The van der Waals surface area contributed by atoms with Crippen LogP contribution in [0.3, 0.4) is 0 Å². The molecular weight excluding hydrogens is 304 g/mol. The van der Waals surface area contributed by atoms with Gasteiger partial charge in [0, 0.05) is 12.7 Å². The Morgan fingerprint density at radius 2 is 1.90 bits per heavy atom. The molecule has 21 heavy (non-hydrogen) atoms. The minimum Gasteiger partial charge on any atom is -0.394 e. The molecule has 2 amide bonds. The zero-order valence-electron chi connectivity index (χ0n) is 11.3. The van der Waals surface area contributed by atoms with Crippen molar-refractivity contribution in [1.82, 2.24) is 10.6 Å². The third-order valence-corrected chi connectivity index (χ3v) is 3.45. The number of amides is 2. The number of aliphatic hydroxyl groups excluding tert-OH is 4. The lowest BCUT2D eigenvalue weighted by Gasteiger charge is -2.40. The van der Waals surface area contributed by atoms with E-state index in [4.69, 9.17) is 9.84 Å². The summed E-state index contributed by atoms with van der Waals surface area (Å²) >= 11 is 3.93. The van der Waals surface area contributed by atoms with E-state index in [2.05, 4.69) is 23.3 Å². The van der Waals surface area contributed by atoms with Crippen molar-refractivity contribution in [2.45, 2.75) is 43.6 Å². The molecule has 1 fully saturated rings. The van der Waals surface area contributed by atoms with Crippen molar-refractivity contribution in [3.05, 3.63) is 0 Å². The Morgan fingerprint density at radius 1 is 1.29 bits per heavy atom. The van der Waals surface area contributed by atoms with Crippen molar-refractivity contribution < 1.29 is 34.8 Å². The minimum atomic E-state index is -1.61. The highest BCUT2D eigenvalue weighted by Gasteiger charge is 2.44. The largest absolute Gasteiger partial charge is 0.394 e. The molecule has 4 unspecified atom stereocenters. The van der Waals surface area contributed by atoms with Gasteiger partial charge >= 0.3 is 0 Å². The molecule has 0 bridgehead atoms. The van der Waals surface area contributed by atoms with Gasteiger partial charge in [-0.2, -0.15) is 12.6 Å². The Balaban J connectivity index is 2.72. The normalized spacial score (nSPS) is 34.1. The second-order valence-corrected chi connectivity index (χ2v) is 5.06. The van der Waals surface area contributed by atoms with E-state index in [9.17, 15) is 24.9 Å². The van der Waals surface area contributed by atoms with Gasteiger partial charge in [0.1, 0.15) is 30.4 Å². The Hall–Kier alpha value is -0.910. The van der Waals surface area contributed by atoms with Gasteiger partial charge in [0.2, 0.25) is 11.8 Å². The van der Waals surface area contributed by atoms with Crippen molar-refractivity contribution in [3.8, 4) is 0 Å². The molecule has 0 aromatic carbocycles. The topological polar surface area (TPSA) is 148 Å². The fraction of sp³-hybridized carbons (Fsp3) is 0.818. The highest BCUT2D eigenvalue weighted by atomic mass is 32.1. The molecule has 0 saturated carbocycles. The maximum atomic E-state index is 11.9. The third-order valence-electron chi connectivity index (χ3n) is 3.09. The van der Waals surface area contributed by atoms with E-state index in [1.54, 1.807) is 0 Å². The first-order valence-electron chi connectivity index (χ1n) is 6.30. The fourth-order valence-corrected chi connectivity index (χ4v) is 2.21. The summed E-state index contributed by atoms with van der Waals surface area (Å²) in [5.74, 6) is -1.13. The predicted octanol–water partition coefficient (Wildman–Crippen LogP) is -3.66. The number of carbonyl (C=O) groups is 2. The molecule has 10 heteroatoms. The van der Waals surface area contributed by atoms with Gasteiger partial charge in [0.15, 0.2) is 6.29 Å². The standard InChI is InChI=1S/C11H20N2O7S/c1-4(15)12-5(3-21)10(18)13-7-9(17)8(16)6(2-14)20-11(7)19/h5-9,11,14,16-17,19,21H,2-3H2,1H3,(H,12,15)(H,13,18)/t5?,6?,7?,8-,9?,11-/m1/s1. The molecule has 6 N–H and O–H groups in total. The first-order valence-corrected chi connectivity index (χ1v) is 6.94. The number of thiol groups is 1. The first-order chi connectivity index (χ1) is 9.81. The third kappa shape index (κ3) is 4.53. The number of aliphatic hydroxyl groups is 4. The molecule has 1 aliphatic rings. The van der Waals surface area contributed by atoms with E-state index in [1.165, 1.54) is 6.92 Å². The lowest BCUT2D eigenvalue weighted by Crippen LogP contribution is -2.65. The average molecular weight is 324 g/mol. The van der Waals surface area contributed by atoms with Crippen LogP contribution in [-0.2, 0) is 14.3 Å². The van der Waals surface area contributed by atoms with Crippen LogP contribution in [0.15, 0.2) is 0 Å². The number of nitrogens with one attached hydrogen (secondary N) is 2. The molecule has 6 atom stereocenters. The Kier molecular flexibility index (Phi) is 6.84. The molecule has 0 aromatic heterocycles. The molecule has 1 heterocycles. The van der Waals surface area contributed by atoms with Crippen LogP contribution in [0.4, 0.5) is 0 Å². The fourth-order valence-electron chi connectivity index (χ4n) is 1.96. The lowest BCUT2D eigenvalue weighted by atomic mass is 9.97. The maximum Gasteiger partial charge on any atom is 0.243 e. The van der Waals surface area contributed by atoms with Crippen LogP contribution >= 0.6 is 12.6 Å². The summed E-state index contributed by atoms with van der Waals surface area (Å²) in [6, 6.07) is -2.26. The molecule has 0 aliphatic carbocycles. The maximum absolute atomic E-state index is 11.9. The van der Waals surface area contributed by atoms with Gasteiger partial charge in [0.05, 0.1) is 6.61 Å². The summed E-state index contributed by atoms with van der Waals surface area (Å²) in [6.07, 6.45) is -5.77. The summed E-state index contributed by atoms with van der Waals surface area (Å²) in [7, 11) is 0. The molecule has 0 aromatic rings. The molecule has 1 saturated heterocycles. The second-order valence-electron chi connectivity index (χ2n) is 4.70. The summed E-state index contributed by atoms with van der Waals surface area (Å²) in [5.41, 5.74) is 0. The van der Waals surface area contributed by atoms with Crippen LogP contribution in [0.1, 0.15) is 6.92 Å². The van der Waals surface area contributed by atoms with E-state index in [0.29, 0.717) is 0 Å². The molecule has 9 nitrogen and oxygen atoms in total. The molecular formula is C11H20N2O7S. The average Bonchev–Trinajstić information content (AvgIpc) is 2.44. The van der Waals surface area contributed by atoms with Crippen LogP contribution in [0, 0.1) is 0 Å². The van der Waals surface area contributed by atoms with E-state index in [-0.39, 0.29) is 5.75 Å². The van der Waals surface area contributed by atoms with Crippen LogP contribution in [0.25, 0.3) is 0 Å². The first kappa shape index (κ1) is 18.1. The number of ether oxygens (including phenoxy) is 1. The Bertz CT molecular complexity index is 384. The van der Waals surface area contributed by atoms with Crippen molar-refractivity contribution in [1.29, 1.82) is 0 Å². The van der Waals surface area contributed by atoms with Crippen LogP contribution in [-0.4, -0.2) is 81.3 Å². The van der Waals surface area contributed by atoms with Crippen molar-refractivity contribution in [2.75, 3.05) is 12.4 Å². The van der Waals surface area contributed by atoms with Crippen LogP contribution in [0.2, 0.25) is 0 Å². The predicted molar refractivity (Wildman–Crippen MR) is 73.4 cm³/mol. The van der Waals surface area contributed by atoms with Gasteiger partial charge in [0.25, 0.3) is 0 Å². The molecule has 1 rings (SSSR count). The zero-order chi connectivity index (χ0) is 16.2. The van der Waals surface area contributed by atoms with E-state index in [1.807, 2.05) is 0 Å². The Morgan fingerprint density at radius 3 is 2.38 bits per heavy atom. The smallest absolute Gasteiger partial charge is 0.243 e. The van der Waals surface area contributed by atoms with E-state index in [0.717, 1.165) is 0 Å². The van der Waals surface area contributed by atoms with Crippen molar-refractivity contribution in [2.24, 2.45) is 0 Å². The second kappa shape index (κ2) is 7.92. The zero-order valence-corrected chi connectivity index (χ0v) is 12.2. The minimum absolute atomic E-state index is 0.00694. The van der Waals surface area contributed by atoms with Gasteiger partial charge in [-0.15, -0.1) is 0 Å². The number of carbonyl (C=O) groups excluding carboxylic acids is 2. The van der Waals surface area contributed by atoms with Crippen molar-refractivity contribution in [3.63, 3.8) is 0 Å². The van der Waals surface area contributed by atoms with Crippen LogP contribution in [0.5, 0.6) is 0 Å². The quantitative estimate of drug-likeness (QED) is 0.258. The summed E-state index contributed by atoms with van der Waals surface area (Å²) in [5, 5.41) is 42.9. The van der Waals surface area contributed by atoms with Gasteiger partial charge in [-0.1, -0.05) is 0 Å². The van der Waals surface area contributed by atoms with E-state index < -0.39 is 55.1 Å². The van der Waals surface area contributed by atoms with Gasteiger partial charge in [-0.3, -0.25) is 9.59 Å². The summed E-state index contributed by atoms with van der Waals surface area (Å²) in [6.45, 7) is 0.633. The van der Waals surface area contributed by atoms with Crippen molar-refractivity contribution >= 4 is 24.4 Å². The lowest BCUT2D eigenvalue weighted by molar-refractivity contribution is -0.253. The number of hydrogen-bond acceptors (Lipinski definition) is 8. The summed E-state index contributed by atoms with van der Waals surface area (Å²) in [4.78, 5) is 22.9. The van der Waals surface area contributed by atoms with Gasteiger partial charge in [-0.25, -0.2) is 0 Å². The van der Waals surface area contributed by atoms with Gasteiger partial charge in [-0.05, 0) is 0 Å². The molecule has 122 valence electrons. The highest BCUT2D eigenvalue weighted by molar-refractivity contribution is 7.80. The number of rotatable bonds is 5. The SMILES string of the molecule is CC(=O)NC(CS)C(=O)NC1C(O)[C@H](O)C(CO)O[C@H]1O. The molecule has 0 spiro atoms. The monoisotopic (exact) mass is 324 g/mol. The highest BCUT2D eigenvalue weighted by Crippen LogP contribution is 2.19. The van der Waals surface area contributed by atoms with Gasteiger partial charge < -0.3 is 35.8 Å². The summed E-state index contributed by atoms with van der Waals surface area (Å²) < 4.78 is 4.90. The Labute approximate surface area is 126 Å². The molecule has 0 radical (unpaired) electrons.